The average Bonchev–Trinajstić information content (AvgIpc) is 3.27. The highest BCUT2D eigenvalue weighted by Gasteiger charge is 2.20. The van der Waals surface area contributed by atoms with Crippen molar-refractivity contribution in [3.8, 4) is 11.4 Å². The third-order valence-electron chi connectivity index (χ3n) is 6.12. The van der Waals surface area contributed by atoms with Gasteiger partial charge < -0.3 is 22.1 Å². The molecule has 1 saturated carbocycles. The Morgan fingerprint density at radius 1 is 1.09 bits per heavy atom. The number of nitrogens with two attached hydrogens (primary N) is 2. The first kappa shape index (κ1) is 25.1. The molecule has 0 amide bonds. The summed E-state index contributed by atoms with van der Waals surface area (Å²) in [5, 5.41) is 15.6. The number of aromatic amines is 1. The number of halogens is 2. The van der Waals surface area contributed by atoms with E-state index in [4.69, 9.17) is 23.1 Å². The smallest absolute Gasteiger partial charge is 0.224 e. The fourth-order valence-electron chi connectivity index (χ4n) is 4.24. The normalized spacial score (nSPS) is 18.6. The zero-order valence-electron chi connectivity index (χ0n) is 19.0. The molecule has 35 heavy (non-hydrogen) atoms. The molecule has 3 aromatic heterocycles. The van der Waals surface area contributed by atoms with Crippen LogP contribution in [-0.4, -0.2) is 48.8 Å². The molecule has 12 heteroatoms. The largest absolute Gasteiger partial charge is 0.351 e. The van der Waals surface area contributed by atoms with E-state index in [1.165, 1.54) is 0 Å². The van der Waals surface area contributed by atoms with E-state index < -0.39 is 0 Å². The molecule has 3 heterocycles. The van der Waals surface area contributed by atoms with Crippen molar-refractivity contribution < 1.29 is 0 Å². The monoisotopic (exact) mass is 514 g/mol. The quantitative estimate of drug-likeness (QED) is 0.248. The Bertz CT molecular complexity index is 1270. The SMILES string of the molecule is Cl.NCC(Nc1nccc(-c2[nH]nc3nc(NC4CCC(N)CC4)ncc23)n1)c1cccc(Cl)c1. The van der Waals surface area contributed by atoms with Crippen molar-refractivity contribution >= 4 is 46.9 Å². The van der Waals surface area contributed by atoms with Crippen LogP contribution in [0.3, 0.4) is 0 Å². The predicted octanol–water partition coefficient (Wildman–Crippen LogP) is 3.68. The van der Waals surface area contributed by atoms with Gasteiger partial charge in [-0.15, -0.1) is 12.4 Å². The molecule has 7 N–H and O–H groups in total. The second-order valence-corrected chi connectivity index (χ2v) is 8.98. The van der Waals surface area contributed by atoms with Crippen LogP contribution in [0.1, 0.15) is 37.3 Å². The van der Waals surface area contributed by atoms with E-state index in [-0.39, 0.29) is 18.4 Å². The van der Waals surface area contributed by atoms with Gasteiger partial charge in [-0.2, -0.15) is 10.1 Å². The van der Waals surface area contributed by atoms with Crippen molar-refractivity contribution in [2.75, 3.05) is 17.2 Å². The molecule has 184 valence electrons. The number of hydrogen-bond donors (Lipinski definition) is 5. The summed E-state index contributed by atoms with van der Waals surface area (Å²) in [6.07, 6.45) is 7.52. The number of hydrogen-bond acceptors (Lipinski definition) is 9. The maximum absolute atomic E-state index is 6.14. The highest BCUT2D eigenvalue weighted by molar-refractivity contribution is 6.30. The minimum atomic E-state index is -0.182. The van der Waals surface area contributed by atoms with Gasteiger partial charge in [-0.1, -0.05) is 23.7 Å². The minimum Gasteiger partial charge on any atom is -0.351 e. The molecule has 4 aromatic rings. The molecule has 0 spiro atoms. The van der Waals surface area contributed by atoms with Crippen LogP contribution in [0.5, 0.6) is 0 Å². The number of nitrogens with one attached hydrogen (secondary N) is 3. The molecule has 0 saturated heterocycles. The standard InChI is InChI=1S/C23H27ClN10.ClH/c24-14-3-1-2-13(10-14)19(11-25)31-22-27-9-8-18(30-22)20-17-12-28-23(32-21(17)34-33-20)29-16-6-4-15(26)5-7-16;/h1-3,8-10,12,15-16,19H,4-7,11,25-26H2,(H,27,30,31)(H2,28,29,32,33,34);1H. The third-order valence-corrected chi connectivity index (χ3v) is 6.35. The number of anilines is 2. The van der Waals surface area contributed by atoms with Gasteiger partial charge in [-0.3, -0.25) is 5.10 Å². The van der Waals surface area contributed by atoms with Crippen LogP contribution >= 0.6 is 24.0 Å². The first-order valence-electron chi connectivity index (χ1n) is 11.4. The van der Waals surface area contributed by atoms with Gasteiger partial charge in [0, 0.05) is 36.0 Å². The summed E-state index contributed by atoms with van der Waals surface area (Å²) >= 11 is 6.14. The molecule has 1 aromatic carbocycles. The van der Waals surface area contributed by atoms with Crippen LogP contribution in [0.25, 0.3) is 22.4 Å². The third kappa shape index (κ3) is 5.79. The van der Waals surface area contributed by atoms with E-state index in [1.54, 1.807) is 12.4 Å². The fourth-order valence-corrected chi connectivity index (χ4v) is 4.44. The van der Waals surface area contributed by atoms with Gasteiger partial charge >= 0.3 is 0 Å². The maximum Gasteiger partial charge on any atom is 0.224 e. The van der Waals surface area contributed by atoms with Gasteiger partial charge in [0.25, 0.3) is 0 Å². The molecule has 1 atom stereocenters. The van der Waals surface area contributed by atoms with E-state index in [2.05, 4.69) is 40.8 Å². The van der Waals surface area contributed by atoms with Crippen molar-refractivity contribution in [2.45, 2.75) is 43.8 Å². The molecular formula is C23H28Cl2N10. The van der Waals surface area contributed by atoms with Crippen LogP contribution in [0, 0.1) is 0 Å². The molecule has 0 radical (unpaired) electrons. The summed E-state index contributed by atoms with van der Waals surface area (Å²) in [7, 11) is 0. The van der Waals surface area contributed by atoms with Gasteiger partial charge in [0.15, 0.2) is 5.65 Å². The summed E-state index contributed by atoms with van der Waals surface area (Å²) in [6.45, 7) is 0.359. The second-order valence-electron chi connectivity index (χ2n) is 8.54. The molecule has 0 bridgehead atoms. The zero-order chi connectivity index (χ0) is 23.5. The van der Waals surface area contributed by atoms with E-state index in [0.717, 1.165) is 42.3 Å². The highest BCUT2D eigenvalue weighted by Crippen LogP contribution is 2.26. The van der Waals surface area contributed by atoms with Crippen molar-refractivity contribution in [2.24, 2.45) is 11.5 Å². The van der Waals surface area contributed by atoms with Crippen LogP contribution in [0.15, 0.2) is 42.7 Å². The Kier molecular flexibility index (Phi) is 7.97. The molecular weight excluding hydrogens is 487 g/mol. The predicted molar refractivity (Wildman–Crippen MR) is 141 cm³/mol. The van der Waals surface area contributed by atoms with Crippen LogP contribution in [0.2, 0.25) is 5.02 Å². The van der Waals surface area contributed by atoms with Crippen molar-refractivity contribution in [1.29, 1.82) is 0 Å². The number of aromatic nitrogens is 6. The Morgan fingerprint density at radius 2 is 1.91 bits per heavy atom. The summed E-state index contributed by atoms with van der Waals surface area (Å²) in [5.41, 5.74) is 14.9. The van der Waals surface area contributed by atoms with Crippen LogP contribution in [0.4, 0.5) is 11.9 Å². The topological polar surface area (TPSA) is 156 Å². The van der Waals surface area contributed by atoms with E-state index in [1.807, 2.05) is 30.3 Å². The van der Waals surface area contributed by atoms with Crippen molar-refractivity contribution in [1.82, 2.24) is 30.1 Å². The summed E-state index contributed by atoms with van der Waals surface area (Å²) in [6, 6.07) is 9.82. The van der Waals surface area contributed by atoms with E-state index in [0.29, 0.717) is 46.9 Å². The lowest BCUT2D eigenvalue weighted by Crippen LogP contribution is -2.33. The minimum absolute atomic E-state index is 0. The molecule has 1 unspecified atom stereocenters. The van der Waals surface area contributed by atoms with Gasteiger partial charge in [0.1, 0.15) is 0 Å². The molecule has 10 nitrogen and oxygen atoms in total. The Morgan fingerprint density at radius 3 is 2.69 bits per heavy atom. The Labute approximate surface area is 214 Å². The summed E-state index contributed by atoms with van der Waals surface area (Å²) in [5.74, 6) is 1.02. The first-order valence-corrected chi connectivity index (χ1v) is 11.8. The van der Waals surface area contributed by atoms with Gasteiger partial charge in [-0.25, -0.2) is 15.0 Å². The Hall–Kier alpha value is -3.05. The lowest BCUT2D eigenvalue weighted by Gasteiger charge is -2.26. The summed E-state index contributed by atoms with van der Waals surface area (Å²) in [4.78, 5) is 18.1. The number of benzene rings is 1. The number of nitrogens with zero attached hydrogens (tertiary/aromatic N) is 5. The van der Waals surface area contributed by atoms with E-state index >= 15 is 0 Å². The lowest BCUT2D eigenvalue weighted by atomic mass is 9.92. The van der Waals surface area contributed by atoms with Crippen molar-refractivity contribution in [3.63, 3.8) is 0 Å². The maximum atomic E-state index is 6.14. The number of H-pyrrole nitrogens is 1. The average molecular weight is 515 g/mol. The molecule has 0 aliphatic heterocycles. The zero-order valence-corrected chi connectivity index (χ0v) is 20.6. The van der Waals surface area contributed by atoms with Gasteiger partial charge in [0.2, 0.25) is 11.9 Å². The van der Waals surface area contributed by atoms with Crippen molar-refractivity contribution in [3.05, 3.63) is 53.3 Å². The van der Waals surface area contributed by atoms with E-state index in [9.17, 15) is 0 Å². The molecule has 1 aliphatic carbocycles. The lowest BCUT2D eigenvalue weighted by molar-refractivity contribution is 0.410. The molecule has 1 aliphatic rings. The highest BCUT2D eigenvalue weighted by atomic mass is 35.5. The molecule has 5 rings (SSSR count). The number of rotatable bonds is 7. The second kappa shape index (κ2) is 11.1. The fraction of sp³-hybridized carbons (Fsp3) is 0.348. The number of fused-ring (bicyclic) bond motifs is 1. The van der Waals surface area contributed by atoms with Crippen LogP contribution < -0.4 is 22.1 Å². The Balaban J connectivity index is 0.00000289. The summed E-state index contributed by atoms with van der Waals surface area (Å²) < 4.78 is 0. The van der Waals surface area contributed by atoms with Gasteiger partial charge in [-0.05, 0) is 49.4 Å². The van der Waals surface area contributed by atoms with Crippen LogP contribution in [-0.2, 0) is 0 Å². The molecule has 1 fully saturated rings. The first-order chi connectivity index (χ1) is 16.6. The van der Waals surface area contributed by atoms with Gasteiger partial charge in [0.05, 0.1) is 22.8 Å².